The molecule has 0 saturated carbocycles. The molecule has 2 amide bonds. The highest BCUT2D eigenvalue weighted by Crippen LogP contribution is 2.31. The molecule has 0 unspecified atom stereocenters. The van der Waals surface area contributed by atoms with Crippen LogP contribution in [0.2, 0.25) is 5.02 Å². The van der Waals surface area contributed by atoms with Crippen LogP contribution in [0.15, 0.2) is 36.4 Å². The van der Waals surface area contributed by atoms with Crippen molar-refractivity contribution in [2.24, 2.45) is 0 Å². The fourth-order valence-electron chi connectivity index (χ4n) is 3.27. The molecule has 2 aromatic rings. The molecule has 1 heterocycles. The number of halogens is 1. The van der Waals surface area contributed by atoms with Crippen molar-refractivity contribution in [1.82, 2.24) is 0 Å². The number of rotatable bonds is 4. The smallest absolute Gasteiger partial charge is 0.255 e. The van der Waals surface area contributed by atoms with Gasteiger partial charge in [-0.2, -0.15) is 0 Å². The van der Waals surface area contributed by atoms with Gasteiger partial charge < -0.3 is 15.5 Å². The van der Waals surface area contributed by atoms with Gasteiger partial charge in [0.15, 0.2) is 0 Å². The molecule has 2 N–H and O–H groups in total. The summed E-state index contributed by atoms with van der Waals surface area (Å²) in [6.07, 6.45) is 3.62. The predicted octanol–water partition coefficient (Wildman–Crippen LogP) is 4.85. The maximum absolute atomic E-state index is 12.6. The van der Waals surface area contributed by atoms with E-state index in [0.29, 0.717) is 22.0 Å². The van der Waals surface area contributed by atoms with Crippen LogP contribution >= 0.6 is 11.6 Å². The maximum atomic E-state index is 12.6. The number of piperidine rings is 1. The standard InChI is InChI=1S/C21H24ClN3O2/c1-14-6-7-16(12-19(14)23-15(2)26)21(27)24-17-8-9-20(18(22)13-17)25-10-4-3-5-11-25/h6-9,12-13H,3-5,10-11H2,1-2H3,(H,23,26)(H,24,27). The lowest BCUT2D eigenvalue weighted by molar-refractivity contribution is -0.114. The summed E-state index contributed by atoms with van der Waals surface area (Å²) in [6, 6.07) is 10.8. The Hall–Kier alpha value is -2.53. The number of amides is 2. The number of carbonyl (C=O) groups excluding carboxylic acids is 2. The number of hydrogen-bond donors (Lipinski definition) is 2. The van der Waals surface area contributed by atoms with Gasteiger partial charge in [-0.3, -0.25) is 9.59 Å². The van der Waals surface area contributed by atoms with Crippen LogP contribution in [0.1, 0.15) is 42.1 Å². The summed E-state index contributed by atoms with van der Waals surface area (Å²) >= 11 is 6.46. The van der Waals surface area contributed by atoms with Crippen molar-refractivity contribution < 1.29 is 9.59 Å². The number of aryl methyl sites for hydroxylation is 1. The minimum atomic E-state index is -0.247. The van der Waals surface area contributed by atoms with Crippen molar-refractivity contribution >= 4 is 40.5 Å². The minimum absolute atomic E-state index is 0.171. The number of nitrogens with zero attached hydrogens (tertiary/aromatic N) is 1. The first-order valence-electron chi connectivity index (χ1n) is 9.18. The molecule has 6 heteroatoms. The van der Waals surface area contributed by atoms with Gasteiger partial charge in [-0.1, -0.05) is 17.7 Å². The zero-order chi connectivity index (χ0) is 19.4. The molecule has 142 valence electrons. The van der Waals surface area contributed by atoms with E-state index < -0.39 is 0 Å². The van der Waals surface area contributed by atoms with E-state index in [0.717, 1.165) is 24.3 Å². The van der Waals surface area contributed by atoms with Crippen LogP contribution in [0, 0.1) is 6.92 Å². The first kappa shape index (κ1) is 19.2. The van der Waals surface area contributed by atoms with E-state index in [1.54, 1.807) is 18.2 Å². The van der Waals surface area contributed by atoms with Crippen LogP contribution in [0.25, 0.3) is 0 Å². The largest absolute Gasteiger partial charge is 0.370 e. The Kier molecular flexibility index (Phi) is 6.01. The highest BCUT2D eigenvalue weighted by atomic mass is 35.5. The molecular formula is C21H24ClN3O2. The van der Waals surface area contributed by atoms with Gasteiger partial charge in [0.25, 0.3) is 5.91 Å². The number of benzene rings is 2. The van der Waals surface area contributed by atoms with Crippen molar-refractivity contribution in [3.8, 4) is 0 Å². The van der Waals surface area contributed by atoms with E-state index in [2.05, 4.69) is 15.5 Å². The zero-order valence-corrected chi connectivity index (χ0v) is 16.4. The lowest BCUT2D eigenvalue weighted by atomic mass is 10.1. The van der Waals surface area contributed by atoms with Crippen LogP contribution in [0.4, 0.5) is 17.1 Å². The molecule has 0 radical (unpaired) electrons. The highest BCUT2D eigenvalue weighted by Gasteiger charge is 2.15. The molecule has 2 aromatic carbocycles. The van der Waals surface area contributed by atoms with E-state index >= 15 is 0 Å². The second-order valence-corrected chi connectivity index (χ2v) is 7.29. The predicted molar refractivity (Wildman–Crippen MR) is 111 cm³/mol. The van der Waals surface area contributed by atoms with Gasteiger partial charge in [0.05, 0.1) is 10.7 Å². The Balaban J connectivity index is 1.74. The quantitative estimate of drug-likeness (QED) is 0.790. The Morgan fingerprint density at radius 1 is 1.00 bits per heavy atom. The van der Waals surface area contributed by atoms with Crippen LogP contribution in [-0.2, 0) is 4.79 Å². The van der Waals surface area contributed by atoms with Crippen LogP contribution in [-0.4, -0.2) is 24.9 Å². The molecule has 5 nitrogen and oxygen atoms in total. The second kappa shape index (κ2) is 8.44. The topological polar surface area (TPSA) is 61.4 Å². The molecule has 1 aliphatic heterocycles. The van der Waals surface area contributed by atoms with Gasteiger partial charge in [-0.25, -0.2) is 0 Å². The fourth-order valence-corrected chi connectivity index (χ4v) is 3.57. The summed E-state index contributed by atoms with van der Waals surface area (Å²) in [5.74, 6) is -0.417. The number of carbonyl (C=O) groups is 2. The normalized spacial score (nSPS) is 14.0. The molecule has 0 aliphatic carbocycles. The van der Waals surface area contributed by atoms with E-state index in [4.69, 9.17) is 11.6 Å². The van der Waals surface area contributed by atoms with Crippen molar-refractivity contribution in [2.75, 3.05) is 28.6 Å². The Morgan fingerprint density at radius 2 is 1.74 bits per heavy atom. The molecular weight excluding hydrogens is 362 g/mol. The molecule has 0 bridgehead atoms. The molecule has 1 saturated heterocycles. The Morgan fingerprint density at radius 3 is 2.41 bits per heavy atom. The summed E-state index contributed by atoms with van der Waals surface area (Å²) in [6.45, 7) is 5.35. The summed E-state index contributed by atoms with van der Waals surface area (Å²) in [4.78, 5) is 26.2. The molecule has 0 spiro atoms. The van der Waals surface area contributed by atoms with Crippen molar-refractivity contribution in [1.29, 1.82) is 0 Å². The Labute approximate surface area is 164 Å². The van der Waals surface area contributed by atoms with Gasteiger partial charge in [0.1, 0.15) is 0 Å². The number of anilines is 3. The molecule has 27 heavy (non-hydrogen) atoms. The molecule has 1 fully saturated rings. The number of hydrogen-bond acceptors (Lipinski definition) is 3. The minimum Gasteiger partial charge on any atom is -0.370 e. The third-order valence-corrected chi connectivity index (χ3v) is 5.02. The van der Waals surface area contributed by atoms with E-state index in [9.17, 15) is 9.59 Å². The summed E-state index contributed by atoms with van der Waals surface area (Å²) in [5.41, 5.74) is 3.66. The van der Waals surface area contributed by atoms with E-state index in [-0.39, 0.29) is 11.8 Å². The average molecular weight is 386 g/mol. The van der Waals surface area contributed by atoms with Gasteiger partial charge in [-0.15, -0.1) is 0 Å². The first-order valence-corrected chi connectivity index (χ1v) is 9.56. The summed E-state index contributed by atoms with van der Waals surface area (Å²) in [5, 5.41) is 6.25. The highest BCUT2D eigenvalue weighted by molar-refractivity contribution is 6.33. The molecule has 1 aliphatic rings. The fraction of sp³-hybridized carbons (Fsp3) is 0.333. The van der Waals surface area contributed by atoms with Crippen LogP contribution in [0.3, 0.4) is 0 Å². The zero-order valence-electron chi connectivity index (χ0n) is 15.6. The Bertz CT molecular complexity index is 861. The lowest BCUT2D eigenvalue weighted by Gasteiger charge is -2.29. The lowest BCUT2D eigenvalue weighted by Crippen LogP contribution is -2.29. The summed E-state index contributed by atoms with van der Waals surface area (Å²) < 4.78 is 0. The summed E-state index contributed by atoms with van der Waals surface area (Å²) in [7, 11) is 0. The second-order valence-electron chi connectivity index (χ2n) is 6.88. The van der Waals surface area contributed by atoms with Crippen molar-refractivity contribution in [2.45, 2.75) is 33.1 Å². The molecule has 0 aromatic heterocycles. The molecule has 0 atom stereocenters. The average Bonchev–Trinajstić information content (AvgIpc) is 2.64. The third-order valence-electron chi connectivity index (χ3n) is 4.71. The van der Waals surface area contributed by atoms with E-state index in [1.165, 1.54) is 26.2 Å². The van der Waals surface area contributed by atoms with Crippen molar-refractivity contribution in [3.05, 3.63) is 52.5 Å². The maximum Gasteiger partial charge on any atom is 0.255 e. The van der Waals surface area contributed by atoms with Gasteiger partial charge in [0.2, 0.25) is 5.91 Å². The van der Waals surface area contributed by atoms with E-state index in [1.807, 2.05) is 25.1 Å². The number of nitrogens with one attached hydrogen (secondary N) is 2. The van der Waals surface area contributed by atoms with Gasteiger partial charge >= 0.3 is 0 Å². The first-order chi connectivity index (χ1) is 12.9. The van der Waals surface area contributed by atoms with Crippen LogP contribution in [0.5, 0.6) is 0 Å². The monoisotopic (exact) mass is 385 g/mol. The SMILES string of the molecule is CC(=O)Nc1cc(C(=O)Nc2ccc(N3CCCCC3)c(Cl)c2)ccc1C. The molecule has 3 rings (SSSR count). The van der Waals surface area contributed by atoms with Gasteiger partial charge in [-0.05, 0) is 62.1 Å². The van der Waals surface area contributed by atoms with Crippen molar-refractivity contribution in [3.63, 3.8) is 0 Å². The van der Waals surface area contributed by atoms with Crippen LogP contribution < -0.4 is 15.5 Å². The third kappa shape index (κ3) is 4.80. The van der Waals surface area contributed by atoms with Gasteiger partial charge in [0, 0.05) is 37.0 Å².